The minimum atomic E-state index is -3.21. The lowest BCUT2D eigenvalue weighted by atomic mass is 9.91. The first-order valence-corrected chi connectivity index (χ1v) is 12.1. The van der Waals surface area contributed by atoms with Crippen LogP contribution in [0.5, 0.6) is 0 Å². The third-order valence-corrected chi connectivity index (χ3v) is 6.46. The Kier molecular flexibility index (Phi) is 7.47. The Morgan fingerprint density at radius 3 is 1.97 bits per heavy atom. The average molecular weight is 436 g/mol. The largest absolute Gasteiger partial charge is 0.355 e. The summed E-state index contributed by atoms with van der Waals surface area (Å²) in [6.07, 6.45) is 1.23. The van der Waals surface area contributed by atoms with E-state index in [4.69, 9.17) is 0 Å². The van der Waals surface area contributed by atoms with Crippen LogP contribution in [0.3, 0.4) is 0 Å². The average Bonchev–Trinajstić information content (AvgIpc) is 2.76. The van der Waals surface area contributed by atoms with Crippen LogP contribution >= 0.6 is 0 Å². The molecular weight excluding hydrogens is 406 g/mol. The Balaban J connectivity index is 1.67. The minimum Gasteiger partial charge on any atom is -0.355 e. The quantitative estimate of drug-likeness (QED) is 0.436. The molecule has 0 aliphatic carbocycles. The lowest BCUT2D eigenvalue weighted by Crippen LogP contribution is -2.39. The summed E-state index contributed by atoms with van der Waals surface area (Å²) >= 11 is 0. The highest BCUT2D eigenvalue weighted by molar-refractivity contribution is 7.90. The maximum Gasteiger partial charge on any atom is 0.191 e. The number of nitrogens with zero attached hydrogens (tertiary/aromatic N) is 1. The molecule has 162 valence electrons. The van der Waals surface area contributed by atoms with Crippen molar-refractivity contribution in [1.82, 2.24) is 10.6 Å². The number of hydrogen-bond acceptors (Lipinski definition) is 3. The molecule has 3 aromatic carbocycles. The van der Waals surface area contributed by atoms with E-state index in [1.807, 2.05) is 31.2 Å². The fraction of sp³-hybridized carbons (Fsp3) is 0.240. The zero-order chi connectivity index (χ0) is 22.3. The third kappa shape index (κ3) is 6.18. The summed E-state index contributed by atoms with van der Waals surface area (Å²) in [5.74, 6) is 0.888. The molecule has 3 rings (SSSR count). The molecule has 0 saturated carbocycles. The van der Waals surface area contributed by atoms with E-state index in [0.717, 1.165) is 11.1 Å². The van der Waals surface area contributed by atoms with Crippen molar-refractivity contribution in [3.8, 4) is 0 Å². The number of rotatable bonds is 7. The summed E-state index contributed by atoms with van der Waals surface area (Å²) in [5, 5.41) is 6.75. The number of sulfone groups is 1. The summed E-state index contributed by atoms with van der Waals surface area (Å²) < 4.78 is 23.6. The van der Waals surface area contributed by atoms with Crippen LogP contribution in [-0.2, 0) is 16.4 Å². The first-order valence-electron chi connectivity index (χ1n) is 10.2. The van der Waals surface area contributed by atoms with Gasteiger partial charge >= 0.3 is 0 Å². The van der Waals surface area contributed by atoms with Gasteiger partial charge in [0.15, 0.2) is 15.8 Å². The molecule has 0 aliphatic rings. The number of aliphatic imine (C=N–C) groups is 1. The number of aryl methyl sites for hydroxylation is 1. The molecule has 0 atom stereocenters. The van der Waals surface area contributed by atoms with E-state index >= 15 is 0 Å². The number of nitrogens with one attached hydrogen (secondary N) is 2. The van der Waals surface area contributed by atoms with E-state index in [2.05, 4.69) is 64.2 Å². The van der Waals surface area contributed by atoms with E-state index < -0.39 is 9.84 Å². The van der Waals surface area contributed by atoms with E-state index in [0.29, 0.717) is 23.9 Å². The molecule has 6 heteroatoms. The molecule has 0 aliphatic heterocycles. The summed E-state index contributed by atoms with van der Waals surface area (Å²) in [6, 6.07) is 26.2. The van der Waals surface area contributed by atoms with Crippen molar-refractivity contribution in [1.29, 1.82) is 0 Å². The van der Waals surface area contributed by atoms with Crippen molar-refractivity contribution in [3.63, 3.8) is 0 Å². The van der Waals surface area contributed by atoms with Crippen LogP contribution in [0.25, 0.3) is 0 Å². The second kappa shape index (κ2) is 10.3. The molecular formula is C25H29N3O2S. The molecule has 0 bridgehead atoms. The highest BCUT2D eigenvalue weighted by atomic mass is 32.2. The molecule has 0 spiro atoms. The van der Waals surface area contributed by atoms with Crippen molar-refractivity contribution in [2.75, 3.05) is 19.8 Å². The Labute approximate surface area is 185 Å². The van der Waals surface area contributed by atoms with Crippen molar-refractivity contribution < 1.29 is 8.42 Å². The van der Waals surface area contributed by atoms with Gasteiger partial charge < -0.3 is 10.6 Å². The first-order chi connectivity index (χ1) is 14.9. The Hall–Kier alpha value is -3.12. The van der Waals surface area contributed by atoms with Crippen molar-refractivity contribution in [2.45, 2.75) is 24.3 Å². The molecule has 0 amide bonds. The van der Waals surface area contributed by atoms with Gasteiger partial charge in [0.2, 0.25) is 0 Å². The van der Waals surface area contributed by atoms with Gasteiger partial charge in [-0.25, -0.2) is 8.42 Å². The molecule has 31 heavy (non-hydrogen) atoms. The second-order valence-electron chi connectivity index (χ2n) is 7.55. The maximum atomic E-state index is 11.8. The van der Waals surface area contributed by atoms with E-state index in [9.17, 15) is 8.42 Å². The first kappa shape index (κ1) is 22.6. The van der Waals surface area contributed by atoms with Crippen LogP contribution in [0, 0.1) is 6.92 Å². The zero-order valence-corrected chi connectivity index (χ0v) is 19.0. The van der Waals surface area contributed by atoms with Gasteiger partial charge in [-0.15, -0.1) is 0 Å². The fourth-order valence-corrected chi connectivity index (χ4v) is 4.60. The Morgan fingerprint density at radius 2 is 1.48 bits per heavy atom. The van der Waals surface area contributed by atoms with Gasteiger partial charge in [0.05, 0.1) is 4.90 Å². The van der Waals surface area contributed by atoms with Gasteiger partial charge in [-0.05, 0) is 35.2 Å². The number of hydrogen-bond donors (Lipinski definition) is 2. The van der Waals surface area contributed by atoms with Crippen molar-refractivity contribution >= 4 is 15.8 Å². The molecule has 0 unspecified atom stereocenters. The van der Waals surface area contributed by atoms with Gasteiger partial charge in [0.25, 0.3) is 0 Å². The summed E-state index contributed by atoms with van der Waals surface area (Å²) in [7, 11) is -1.47. The number of benzene rings is 3. The topological polar surface area (TPSA) is 70.6 Å². The Morgan fingerprint density at radius 1 is 0.903 bits per heavy atom. The monoisotopic (exact) mass is 435 g/mol. The van der Waals surface area contributed by atoms with Crippen LogP contribution in [0.15, 0.2) is 88.8 Å². The molecule has 0 heterocycles. The van der Waals surface area contributed by atoms with E-state index in [1.54, 1.807) is 13.1 Å². The molecule has 0 saturated heterocycles. The minimum absolute atomic E-state index is 0.192. The standard InChI is InChI=1S/C25H29N3O2S/c1-19-16-20(14-15-24(19)31(3,29)30)17-27-25(26-2)28-18-23(21-10-6-4-7-11-21)22-12-8-5-9-13-22/h4-16,23H,17-18H2,1-3H3,(H2,26,27,28). The molecule has 0 fully saturated rings. The van der Waals surface area contributed by atoms with Crippen LogP contribution in [0.4, 0.5) is 0 Å². The molecule has 0 radical (unpaired) electrons. The van der Waals surface area contributed by atoms with E-state index in [-0.39, 0.29) is 5.92 Å². The predicted molar refractivity (Wildman–Crippen MR) is 127 cm³/mol. The van der Waals surface area contributed by atoms with Gasteiger partial charge in [-0.2, -0.15) is 0 Å². The number of guanidine groups is 1. The fourth-order valence-electron chi connectivity index (χ4n) is 3.64. The predicted octanol–water partition coefficient (Wildman–Crippen LogP) is 3.90. The van der Waals surface area contributed by atoms with Gasteiger partial charge in [-0.3, -0.25) is 4.99 Å². The highest BCUT2D eigenvalue weighted by Gasteiger charge is 2.15. The molecule has 0 aromatic heterocycles. The molecule has 5 nitrogen and oxygen atoms in total. The highest BCUT2D eigenvalue weighted by Crippen LogP contribution is 2.23. The van der Waals surface area contributed by atoms with Gasteiger partial charge in [-0.1, -0.05) is 72.8 Å². The van der Waals surface area contributed by atoms with Crippen LogP contribution in [0.1, 0.15) is 28.2 Å². The smallest absolute Gasteiger partial charge is 0.191 e. The summed E-state index contributed by atoms with van der Waals surface area (Å²) in [6.45, 7) is 3.06. The van der Waals surface area contributed by atoms with Crippen LogP contribution in [0.2, 0.25) is 0 Å². The van der Waals surface area contributed by atoms with Crippen LogP contribution in [-0.4, -0.2) is 34.2 Å². The summed E-state index contributed by atoms with van der Waals surface area (Å²) in [4.78, 5) is 4.71. The molecule has 3 aromatic rings. The normalized spacial score (nSPS) is 12.1. The van der Waals surface area contributed by atoms with Crippen LogP contribution < -0.4 is 10.6 Å². The SMILES string of the molecule is CN=C(NCc1ccc(S(C)(=O)=O)c(C)c1)NCC(c1ccccc1)c1ccccc1. The van der Waals surface area contributed by atoms with Crippen molar-refractivity contribution in [2.24, 2.45) is 4.99 Å². The van der Waals surface area contributed by atoms with Gasteiger partial charge in [0.1, 0.15) is 0 Å². The zero-order valence-electron chi connectivity index (χ0n) is 18.2. The summed E-state index contributed by atoms with van der Waals surface area (Å²) in [5.41, 5.74) is 4.22. The second-order valence-corrected chi connectivity index (χ2v) is 9.54. The van der Waals surface area contributed by atoms with Gasteiger partial charge in [0, 0.05) is 32.3 Å². The maximum absolute atomic E-state index is 11.8. The third-order valence-electron chi connectivity index (χ3n) is 5.20. The lowest BCUT2D eigenvalue weighted by Gasteiger charge is -2.21. The van der Waals surface area contributed by atoms with Crippen molar-refractivity contribution in [3.05, 3.63) is 101 Å². The Bertz CT molecular complexity index is 1090. The lowest BCUT2D eigenvalue weighted by molar-refractivity contribution is 0.601. The van der Waals surface area contributed by atoms with E-state index in [1.165, 1.54) is 17.4 Å². The molecule has 2 N–H and O–H groups in total.